The number of hydrogen-bond acceptors (Lipinski definition) is 4. The van der Waals surface area contributed by atoms with Gasteiger partial charge in [-0.2, -0.15) is 4.89 Å². The summed E-state index contributed by atoms with van der Waals surface area (Å²) in [4.78, 5) is 21.8. The molecular formula is C8H15NO3. The highest BCUT2D eigenvalue weighted by molar-refractivity contribution is 5.86. The first-order valence-corrected chi connectivity index (χ1v) is 3.64. The molecule has 0 heterocycles. The molecule has 0 radical (unpaired) electrons. The molecule has 12 heavy (non-hydrogen) atoms. The van der Waals surface area contributed by atoms with Crippen molar-refractivity contribution >= 4 is 5.97 Å². The zero-order valence-electron chi connectivity index (χ0n) is 7.96. The number of rotatable bonds is 4. The molecule has 0 aromatic carbocycles. The molecule has 0 rings (SSSR count). The van der Waals surface area contributed by atoms with Crippen LogP contribution in [0.3, 0.4) is 0 Å². The summed E-state index contributed by atoms with van der Waals surface area (Å²) in [6.07, 6.45) is -0.256. The molecule has 0 spiro atoms. The number of nitrogens with zero attached hydrogens (tertiary/aromatic N) is 1. The van der Waals surface area contributed by atoms with Gasteiger partial charge in [0.25, 0.3) is 0 Å². The maximum atomic E-state index is 10.8. The van der Waals surface area contributed by atoms with Crippen molar-refractivity contribution in [3.63, 3.8) is 0 Å². The molecule has 0 N–H and O–H groups in total. The van der Waals surface area contributed by atoms with Gasteiger partial charge in [0, 0.05) is 5.57 Å². The third-order valence-electron chi connectivity index (χ3n) is 1.34. The van der Waals surface area contributed by atoms with Crippen molar-refractivity contribution in [3.05, 3.63) is 12.2 Å². The van der Waals surface area contributed by atoms with Crippen LogP contribution in [0, 0.1) is 0 Å². The zero-order chi connectivity index (χ0) is 9.72. The van der Waals surface area contributed by atoms with Crippen LogP contribution in [0.25, 0.3) is 0 Å². The Hall–Kier alpha value is -0.870. The van der Waals surface area contributed by atoms with Crippen molar-refractivity contribution in [1.82, 2.24) is 4.90 Å². The SMILES string of the molecule is C=C(C)C(=O)OOC(C)N(C)C. The lowest BCUT2D eigenvalue weighted by atomic mass is 10.4. The summed E-state index contributed by atoms with van der Waals surface area (Å²) in [7, 11) is 3.64. The van der Waals surface area contributed by atoms with E-state index in [-0.39, 0.29) is 6.23 Å². The van der Waals surface area contributed by atoms with Crippen molar-refractivity contribution in [1.29, 1.82) is 0 Å². The van der Waals surface area contributed by atoms with Gasteiger partial charge in [0.2, 0.25) is 0 Å². The van der Waals surface area contributed by atoms with E-state index >= 15 is 0 Å². The second kappa shape index (κ2) is 4.90. The zero-order valence-corrected chi connectivity index (χ0v) is 7.96. The summed E-state index contributed by atoms with van der Waals surface area (Å²) in [5, 5.41) is 0. The van der Waals surface area contributed by atoms with Crippen molar-refractivity contribution in [2.45, 2.75) is 20.1 Å². The molecule has 1 atom stereocenters. The van der Waals surface area contributed by atoms with E-state index in [9.17, 15) is 4.79 Å². The van der Waals surface area contributed by atoms with Crippen molar-refractivity contribution in [2.75, 3.05) is 14.1 Å². The summed E-state index contributed by atoms with van der Waals surface area (Å²) in [5.74, 6) is -0.538. The fourth-order valence-electron chi connectivity index (χ4n) is 0.271. The third kappa shape index (κ3) is 4.10. The topological polar surface area (TPSA) is 38.8 Å². The van der Waals surface area contributed by atoms with Crippen LogP contribution < -0.4 is 0 Å². The Bertz CT molecular complexity index is 177. The minimum atomic E-state index is -0.538. The second-order valence-corrected chi connectivity index (χ2v) is 2.81. The molecule has 0 amide bonds. The molecule has 0 fully saturated rings. The molecule has 70 valence electrons. The maximum Gasteiger partial charge on any atom is 0.368 e. The smallest absolute Gasteiger partial charge is 0.292 e. The normalized spacial score (nSPS) is 12.8. The summed E-state index contributed by atoms with van der Waals surface area (Å²) < 4.78 is 0. The van der Waals surface area contributed by atoms with Gasteiger partial charge in [-0.15, -0.1) is 0 Å². The van der Waals surface area contributed by atoms with Crippen LogP contribution in [0.5, 0.6) is 0 Å². The fraction of sp³-hybridized carbons (Fsp3) is 0.625. The predicted molar refractivity (Wildman–Crippen MR) is 45.1 cm³/mol. The van der Waals surface area contributed by atoms with Crippen molar-refractivity contribution < 1.29 is 14.6 Å². The van der Waals surface area contributed by atoms with Gasteiger partial charge in [-0.25, -0.2) is 4.79 Å². The van der Waals surface area contributed by atoms with E-state index in [1.165, 1.54) is 0 Å². The molecule has 0 aromatic rings. The van der Waals surface area contributed by atoms with Crippen LogP contribution in [0.4, 0.5) is 0 Å². The van der Waals surface area contributed by atoms with E-state index in [1.807, 2.05) is 14.1 Å². The standard InChI is InChI=1S/C8H15NO3/c1-6(2)8(10)12-11-7(3)9(4)5/h7H,1H2,2-5H3. The Morgan fingerprint density at radius 3 is 2.33 bits per heavy atom. The Morgan fingerprint density at radius 1 is 1.50 bits per heavy atom. The summed E-state index contributed by atoms with van der Waals surface area (Å²) >= 11 is 0. The lowest BCUT2D eigenvalue weighted by Gasteiger charge is -2.17. The summed E-state index contributed by atoms with van der Waals surface area (Å²) in [6.45, 7) is 6.74. The van der Waals surface area contributed by atoms with Gasteiger partial charge in [0.1, 0.15) is 0 Å². The van der Waals surface area contributed by atoms with Gasteiger partial charge < -0.3 is 0 Å². The molecule has 0 saturated heterocycles. The molecule has 0 aliphatic heterocycles. The van der Waals surface area contributed by atoms with Gasteiger partial charge in [-0.05, 0) is 27.9 Å². The fourth-order valence-corrected chi connectivity index (χ4v) is 0.271. The van der Waals surface area contributed by atoms with Crippen LogP contribution in [0.2, 0.25) is 0 Å². The van der Waals surface area contributed by atoms with Crippen LogP contribution in [-0.4, -0.2) is 31.2 Å². The van der Waals surface area contributed by atoms with Crippen molar-refractivity contribution in [2.24, 2.45) is 0 Å². The van der Waals surface area contributed by atoms with E-state index in [1.54, 1.807) is 18.7 Å². The van der Waals surface area contributed by atoms with E-state index in [0.717, 1.165) is 0 Å². The molecule has 0 aliphatic carbocycles. The van der Waals surface area contributed by atoms with E-state index in [2.05, 4.69) is 11.5 Å². The van der Waals surface area contributed by atoms with Gasteiger partial charge in [0.05, 0.1) is 0 Å². The quantitative estimate of drug-likeness (QED) is 0.274. The Morgan fingerprint density at radius 2 is 2.00 bits per heavy atom. The molecule has 4 nitrogen and oxygen atoms in total. The van der Waals surface area contributed by atoms with Crippen LogP contribution in [0.15, 0.2) is 12.2 Å². The molecular weight excluding hydrogens is 158 g/mol. The number of carbonyl (C=O) groups excluding carboxylic acids is 1. The maximum absolute atomic E-state index is 10.8. The number of carbonyl (C=O) groups is 1. The first-order valence-electron chi connectivity index (χ1n) is 3.64. The van der Waals surface area contributed by atoms with Gasteiger partial charge in [-0.3, -0.25) is 9.79 Å². The van der Waals surface area contributed by atoms with Gasteiger partial charge >= 0.3 is 5.97 Å². The highest BCUT2D eigenvalue weighted by atomic mass is 17.2. The first kappa shape index (κ1) is 11.1. The molecule has 1 unspecified atom stereocenters. The minimum absolute atomic E-state index is 0.256. The van der Waals surface area contributed by atoms with Crippen LogP contribution in [-0.2, 0) is 14.6 Å². The Kier molecular flexibility index (Phi) is 4.54. The van der Waals surface area contributed by atoms with E-state index in [0.29, 0.717) is 5.57 Å². The molecule has 0 aromatic heterocycles. The van der Waals surface area contributed by atoms with Gasteiger partial charge in [-0.1, -0.05) is 6.58 Å². The first-order chi connectivity index (χ1) is 5.45. The Labute approximate surface area is 72.7 Å². The minimum Gasteiger partial charge on any atom is -0.292 e. The van der Waals surface area contributed by atoms with E-state index < -0.39 is 5.97 Å². The van der Waals surface area contributed by atoms with Crippen LogP contribution in [0.1, 0.15) is 13.8 Å². The monoisotopic (exact) mass is 173 g/mol. The molecule has 4 heteroatoms. The lowest BCUT2D eigenvalue weighted by Crippen LogP contribution is -2.28. The largest absolute Gasteiger partial charge is 0.368 e. The molecule has 0 bridgehead atoms. The third-order valence-corrected chi connectivity index (χ3v) is 1.34. The highest BCUT2D eigenvalue weighted by Gasteiger charge is 2.09. The molecule has 0 aliphatic rings. The molecule has 0 saturated carbocycles. The number of hydrogen-bond donors (Lipinski definition) is 0. The lowest BCUT2D eigenvalue weighted by molar-refractivity contribution is -0.313. The predicted octanol–water partition coefficient (Wildman–Crippen LogP) is 0.945. The highest BCUT2D eigenvalue weighted by Crippen LogP contribution is 1.98. The Balaban J connectivity index is 3.69. The summed E-state index contributed by atoms with van der Waals surface area (Å²) in [5.41, 5.74) is 0.320. The van der Waals surface area contributed by atoms with Crippen LogP contribution >= 0.6 is 0 Å². The summed E-state index contributed by atoms with van der Waals surface area (Å²) in [6, 6.07) is 0. The van der Waals surface area contributed by atoms with E-state index in [4.69, 9.17) is 4.89 Å². The second-order valence-electron chi connectivity index (χ2n) is 2.81. The average molecular weight is 173 g/mol. The van der Waals surface area contributed by atoms with Crippen molar-refractivity contribution in [3.8, 4) is 0 Å². The van der Waals surface area contributed by atoms with Gasteiger partial charge in [0.15, 0.2) is 6.23 Å². The average Bonchev–Trinajstić information content (AvgIpc) is 1.98.